The topological polar surface area (TPSA) is 50.8 Å². The number of hydrogen-bond donors (Lipinski definition) is 1. The fourth-order valence-electron chi connectivity index (χ4n) is 2.58. The summed E-state index contributed by atoms with van der Waals surface area (Å²) in [6.45, 7) is 0. The largest absolute Gasteiger partial charge is 0.497 e. The smallest absolute Gasteiger partial charge is 0.156 e. The highest BCUT2D eigenvalue weighted by Crippen LogP contribution is 2.33. The lowest BCUT2D eigenvalue weighted by atomic mass is 10.1. The van der Waals surface area contributed by atoms with E-state index in [1.165, 1.54) is 0 Å². The minimum atomic E-state index is 0.399. The Morgan fingerprint density at radius 2 is 1.82 bits per heavy atom. The van der Waals surface area contributed by atoms with Crippen molar-refractivity contribution >= 4 is 33.5 Å². The van der Waals surface area contributed by atoms with Crippen LogP contribution in [0.4, 0.5) is 0 Å². The third-order valence-corrected chi connectivity index (χ3v) is 3.94. The number of benzene rings is 2. The van der Waals surface area contributed by atoms with Crippen LogP contribution in [0.25, 0.3) is 33.2 Å². The summed E-state index contributed by atoms with van der Waals surface area (Å²) in [6.07, 6.45) is 1.90. The molecule has 0 bridgehead atoms. The van der Waals surface area contributed by atoms with Gasteiger partial charge < -0.3 is 9.72 Å². The molecule has 4 aromatic rings. The molecule has 0 aliphatic heterocycles. The van der Waals surface area contributed by atoms with E-state index in [9.17, 15) is 0 Å². The molecule has 1 N–H and O–H groups in total. The van der Waals surface area contributed by atoms with Crippen molar-refractivity contribution in [3.63, 3.8) is 0 Å². The molecule has 5 heteroatoms. The van der Waals surface area contributed by atoms with Gasteiger partial charge in [0, 0.05) is 28.7 Å². The quantitative estimate of drug-likeness (QED) is 0.595. The summed E-state index contributed by atoms with van der Waals surface area (Å²) in [5.74, 6) is 0.802. The van der Waals surface area contributed by atoms with Crippen LogP contribution in [0.15, 0.2) is 48.7 Å². The number of para-hydroxylation sites is 2. The van der Waals surface area contributed by atoms with E-state index in [-0.39, 0.29) is 0 Å². The standard InChI is InChI=1S/C17H12ClN3O/c1-22-10-6-7-11-12(9-19-15(11)8-10)16-17(18)21-14-5-3-2-4-13(14)20-16/h2-9,19H,1H3. The van der Waals surface area contributed by atoms with E-state index in [1.54, 1.807) is 7.11 Å². The molecule has 0 unspecified atom stereocenters. The molecular weight excluding hydrogens is 298 g/mol. The molecule has 2 aromatic heterocycles. The second-order valence-corrected chi connectivity index (χ2v) is 5.32. The molecule has 2 aromatic carbocycles. The number of hydrogen-bond acceptors (Lipinski definition) is 3. The molecule has 4 rings (SSSR count). The normalized spacial score (nSPS) is 11.2. The van der Waals surface area contributed by atoms with Crippen molar-refractivity contribution in [3.8, 4) is 17.0 Å². The predicted octanol–water partition coefficient (Wildman–Crippen LogP) is 4.44. The zero-order chi connectivity index (χ0) is 15.1. The highest BCUT2D eigenvalue weighted by Gasteiger charge is 2.14. The first-order valence-corrected chi connectivity index (χ1v) is 7.22. The van der Waals surface area contributed by atoms with Gasteiger partial charge in [-0.1, -0.05) is 23.7 Å². The van der Waals surface area contributed by atoms with Crippen LogP contribution in [-0.2, 0) is 0 Å². The summed E-state index contributed by atoms with van der Waals surface area (Å²) in [4.78, 5) is 12.3. The minimum Gasteiger partial charge on any atom is -0.497 e. The predicted molar refractivity (Wildman–Crippen MR) is 88.4 cm³/mol. The zero-order valence-corrected chi connectivity index (χ0v) is 12.6. The Morgan fingerprint density at radius 1 is 1.05 bits per heavy atom. The number of methoxy groups -OCH3 is 1. The van der Waals surface area contributed by atoms with E-state index < -0.39 is 0 Å². The van der Waals surface area contributed by atoms with E-state index >= 15 is 0 Å². The molecular formula is C17H12ClN3O. The molecule has 0 aliphatic carbocycles. The first kappa shape index (κ1) is 13.1. The van der Waals surface area contributed by atoms with Crippen LogP contribution in [0.2, 0.25) is 5.15 Å². The molecule has 0 amide bonds. The monoisotopic (exact) mass is 309 g/mol. The number of fused-ring (bicyclic) bond motifs is 2. The van der Waals surface area contributed by atoms with Gasteiger partial charge in [-0.05, 0) is 24.3 Å². The molecule has 4 nitrogen and oxygen atoms in total. The van der Waals surface area contributed by atoms with E-state index in [2.05, 4.69) is 15.0 Å². The van der Waals surface area contributed by atoms with Crippen molar-refractivity contribution in [1.82, 2.24) is 15.0 Å². The average Bonchev–Trinajstić information content (AvgIpc) is 2.97. The van der Waals surface area contributed by atoms with Crippen LogP contribution >= 0.6 is 11.6 Å². The summed E-state index contributed by atoms with van der Waals surface area (Å²) in [7, 11) is 1.65. The fourth-order valence-corrected chi connectivity index (χ4v) is 2.81. The van der Waals surface area contributed by atoms with Gasteiger partial charge in [-0.2, -0.15) is 0 Å². The summed E-state index contributed by atoms with van der Waals surface area (Å²) in [5, 5.41) is 1.43. The van der Waals surface area contributed by atoms with E-state index in [4.69, 9.17) is 16.3 Å². The Hall–Kier alpha value is -2.59. The summed E-state index contributed by atoms with van der Waals surface area (Å²) >= 11 is 6.34. The lowest BCUT2D eigenvalue weighted by molar-refractivity contribution is 0.415. The summed E-state index contributed by atoms with van der Waals surface area (Å²) in [6, 6.07) is 13.5. The molecule has 0 atom stereocenters. The zero-order valence-electron chi connectivity index (χ0n) is 11.8. The lowest BCUT2D eigenvalue weighted by Crippen LogP contribution is -1.90. The molecule has 0 saturated carbocycles. The Labute approximate surface area is 131 Å². The van der Waals surface area contributed by atoms with Crippen LogP contribution in [0.5, 0.6) is 5.75 Å². The average molecular weight is 310 g/mol. The van der Waals surface area contributed by atoms with Gasteiger partial charge in [-0.15, -0.1) is 0 Å². The van der Waals surface area contributed by atoms with Gasteiger partial charge in [0.1, 0.15) is 11.4 Å². The van der Waals surface area contributed by atoms with Gasteiger partial charge in [0.15, 0.2) is 5.15 Å². The van der Waals surface area contributed by atoms with Crippen LogP contribution < -0.4 is 4.74 Å². The second-order valence-electron chi connectivity index (χ2n) is 4.97. The van der Waals surface area contributed by atoms with Crippen LogP contribution in [0, 0.1) is 0 Å². The summed E-state index contributed by atoms with van der Waals surface area (Å²) in [5.41, 5.74) is 4.19. The number of nitrogens with one attached hydrogen (secondary N) is 1. The van der Waals surface area contributed by atoms with Gasteiger partial charge in [0.05, 0.1) is 18.1 Å². The molecule has 2 heterocycles. The third kappa shape index (κ3) is 2.00. The highest BCUT2D eigenvalue weighted by molar-refractivity contribution is 6.32. The maximum atomic E-state index is 6.34. The van der Waals surface area contributed by atoms with E-state index in [1.807, 2.05) is 48.7 Å². The number of rotatable bonds is 2. The lowest BCUT2D eigenvalue weighted by Gasteiger charge is -2.05. The molecule has 0 radical (unpaired) electrons. The number of nitrogens with zero attached hydrogens (tertiary/aromatic N) is 2. The van der Waals surface area contributed by atoms with Crippen molar-refractivity contribution in [2.45, 2.75) is 0 Å². The van der Waals surface area contributed by atoms with Gasteiger partial charge in [0.25, 0.3) is 0 Å². The Bertz CT molecular complexity index is 994. The number of ether oxygens (including phenoxy) is 1. The van der Waals surface area contributed by atoms with Crippen molar-refractivity contribution in [2.24, 2.45) is 0 Å². The van der Waals surface area contributed by atoms with Crippen LogP contribution in [-0.4, -0.2) is 22.1 Å². The Morgan fingerprint density at radius 3 is 2.59 bits per heavy atom. The molecule has 0 fully saturated rings. The molecule has 22 heavy (non-hydrogen) atoms. The van der Waals surface area contributed by atoms with Crippen molar-refractivity contribution in [3.05, 3.63) is 53.8 Å². The van der Waals surface area contributed by atoms with Gasteiger partial charge >= 0.3 is 0 Å². The van der Waals surface area contributed by atoms with Crippen molar-refractivity contribution in [2.75, 3.05) is 7.11 Å². The Balaban J connectivity index is 1.96. The van der Waals surface area contributed by atoms with Gasteiger partial charge in [0.2, 0.25) is 0 Å². The SMILES string of the molecule is COc1ccc2c(-c3nc4ccccc4nc3Cl)c[nH]c2c1. The van der Waals surface area contributed by atoms with E-state index in [0.717, 1.165) is 33.2 Å². The van der Waals surface area contributed by atoms with Crippen molar-refractivity contribution in [1.29, 1.82) is 0 Å². The second kappa shape index (κ2) is 5.00. The molecule has 0 aliphatic rings. The summed E-state index contributed by atoms with van der Waals surface area (Å²) < 4.78 is 5.24. The molecule has 108 valence electrons. The van der Waals surface area contributed by atoms with Crippen LogP contribution in [0.3, 0.4) is 0 Å². The van der Waals surface area contributed by atoms with Gasteiger partial charge in [-0.3, -0.25) is 0 Å². The first-order chi connectivity index (χ1) is 10.8. The maximum Gasteiger partial charge on any atom is 0.156 e. The minimum absolute atomic E-state index is 0.399. The van der Waals surface area contributed by atoms with Crippen molar-refractivity contribution < 1.29 is 4.74 Å². The number of aromatic nitrogens is 3. The highest BCUT2D eigenvalue weighted by atomic mass is 35.5. The van der Waals surface area contributed by atoms with E-state index in [0.29, 0.717) is 10.8 Å². The number of halogens is 1. The van der Waals surface area contributed by atoms with Crippen LogP contribution in [0.1, 0.15) is 0 Å². The number of aromatic amines is 1. The Kier molecular flexibility index (Phi) is 2.98. The molecule has 0 saturated heterocycles. The first-order valence-electron chi connectivity index (χ1n) is 6.84. The van der Waals surface area contributed by atoms with Gasteiger partial charge in [-0.25, -0.2) is 9.97 Å². The third-order valence-electron chi connectivity index (χ3n) is 3.67. The fraction of sp³-hybridized carbons (Fsp3) is 0.0588. The maximum absolute atomic E-state index is 6.34. The molecule has 0 spiro atoms. The number of H-pyrrole nitrogens is 1.